The van der Waals surface area contributed by atoms with Crippen molar-refractivity contribution in [1.82, 2.24) is 10.2 Å². The zero-order valence-electron chi connectivity index (χ0n) is 12.1. The van der Waals surface area contributed by atoms with E-state index in [1.54, 1.807) is 0 Å². The lowest BCUT2D eigenvalue weighted by Crippen LogP contribution is -2.41. The largest absolute Gasteiger partial charge is 0.355 e. The lowest BCUT2D eigenvalue weighted by atomic mass is 9.85. The van der Waals surface area contributed by atoms with Gasteiger partial charge in [-0.1, -0.05) is 13.3 Å². The fourth-order valence-corrected chi connectivity index (χ4v) is 2.50. The maximum Gasteiger partial charge on any atom is 0.223 e. The Morgan fingerprint density at radius 3 is 2.83 bits per heavy atom. The number of nitrogens with one attached hydrogen (secondary N) is 1. The molecule has 1 aliphatic carbocycles. The molecule has 0 aromatic carbocycles. The molecule has 18 heavy (non-hydrogen) atoms. The van der Waals surface area contributed by atoms with Gasteiger partial charge in [-0.05, 0) is 39.7 Å². The molecule has 0 aromatic heterocycles. The minimum Gasteiger partial charge on any atom is -0.355 e. The number of carbonyl (C=O) groups excluding carboxylic acids is 1. The van der Waals surface area contributed by atoms with Crippen LogP contribution in [0.2, 0.25) is 0 Å². The first kappa shape index (κ1) is 15.4. The van der Waals surface area contributed by atoms with Crippen LogP contribution in [0.1, 0.15) is 46.0 Å². The third-order valence-electron chi connectivity index (χ3n) is 4.19. The van der Waals surface area contributed by atoms with Crippen molar-refractivity contribution >= 4 is 5.91 Å². The molecule has 1 amide bonds. The smallest absolute Gasteiger partial charge is 0.223 e. The fraction of sp³-hybridized carbons (Fsp3) is 0.929. The van der Waals surface area contributed by atoms with Crippen molar-refractivity contribution in [1.29, 1.82) is 0 Å². The third kappa shape index (κ3) is 4.94. The molecule has 3 atom stereocenters. The van der Waals surface area contributed by atoms with Crippen LogP contribution in [0.5, 0.6) is 0 Å². The van der Waals surface area contributed by atoms with Gasteiger partial charge in [0.2, 0.25) is 5.91 Å². The highest BCUT2D eigenvalue weighted by Crippen LogP contribution is 2.22. The Hall–Kier alpha value is -0.610. The van der Waals surface area contributed by atoms with Crippen LogP contribution in [-0.2, 0) is 4.79 Å². The second-order valence-corrected chi connectivity index (χ2v) is 5.65. The van der Waals surface area contributed by atoms with E-state index in [0.717, 1.165) is 45.2 Å². The van der Waals surface area contributed by atoms with Crippen LogP contribution < -0.4 is 11.1 Å². The van der Waals surface area contributed by atoms with Gasteiger partial charge < -0.3 is 16.0 Å². The molecule has 4 heteroatoms. The summed E-state index contributed by atoms with van der Waals surface area (Å²) in [5, 5.41) is 3.05. The van der Waals surface area contributed by atoms with E-state index in [1.165, 1.54) is 0 Å². The second-order valence-electron chi connectivity index (χ2n) is 5.65. The highest BCUT2D eigenvalue weighted by Gasteiger charge is 2.24. The summed E-state index contributed by atoms with van der Waals surface area (Å²) in [4.78, 5) is 14.3. The molecule has 0 saturated heterocycles. The zero-order valence-corrected chi connectivity index (χ0v) is 12.1. The quantitative estimate of drug-likeness (QED) is 0.753. The minimum atomic E-state index is 0.141. The predicted molar refractivity (Wildman–Crippen MR) is 75.3 cm³/mol. The second kappa shape index (κ2) is 7.74. The van der Waals surface area contributed by atoms with Gasteiger partial charge in [0.1, 0.15) is 0 Å². The van der Waals surface area contributed by atoms with E-state index >= 15 is 0 Å². The van der Waals surface area contributed by atoms with Crippen LogP contribution in [0, 0.1) is 5.92 Å². The van der Waals surface area contributed by atoms with Gasteiger partial charge in [-0.25, -0.2) is 0 Å². The summed E-state index contributed by atoms with van der Waals surface area (Å²) < 4.78 is 0. The molecule has 106 valence electrons. The molecule has 1 aliphatic rings. The maximum atomic E-state index is 12.0. The van der Waals surface area contributed by atoms with E-state index in [4.69, 9.17) is 5.73 Å². The first-order chi connectivity index (χ1) is 8.54. The molecule has 0 aliphatic heterocycles. The Kier molecular flexibility index (Phi) is 6.65. The Bertz CT molecular complexity index is 257. The van der Waals surface area contributed by atoms with Gasteiger partial charge in [0, 0.05) is 31.1 Å². The average Bonchev–Trinajstić information content (AvgIpc) is 2.37. The summed E-state index contributed by atoms with van der Waals surface area (Å²) in [6.45, 7) is 6.05. The van der Waals surface area contributed by atoms with Crippen LogP contribution in [0.25, 0.3) is 0 Å². The highest BCUT2D eigenvalue weighted by molar-refractivity contribution is 5.78. The molecule has 4 nitrogen and oxygen atoms in total. The standard InChI is InChI=1S/C14H29N3O/c1-4-11(2)17(3)9-8-16-14(18)12-6-5-7-13(15)10-12/h11-13H,4-10,15H2,1-3H3,(H,16,18). The van der Waals surface area contributed by atoms with Crippen molar-refractivity contribution in [2.75, 3.05) is 20.1 Å². The first-order valence-corrected chi connectivity index (χ1v) is 7.28. The molecule has 3 N–H and O–H groups in total. The first-order valence-electron chi connectivity index (χ1n) is 7.28. The van der Waals surface area contributed by atoms with Crippen molar-refractivity contribution in [3.63, 3.8) is 0 Å². The van der Waals surface area contributed by atoms with Gasteiger partial charge in [-0.15, -0.1) is 0 Å². The Balaban J connectivity index is 2.20. The molecule has 0 aromatic rings. The lowest BCUT2D eigenvalue weighted by Gasteiger charge is -2.27. The number of nitrogens with two attached hydrogens (primary N) is 1. The summed E-state index contributed by atoms with van der Waals surface area (Å²) in [7, 11) is 2.11. The van der Waals surface area contributed by atoms with Gasteiger partial charge in [0.25, 0.3) is 0 Å². The van der Waals surface area contributed by atoms with E-state index in [1.807, 2.05) is 0 Å². The number of likely N-dealkylation sites (N-methyl/N-ethyl adjacent to an activating group) is 1. The SMILES string of the molecule is CCC(C)N(C)CCNC(=O)C1CCCC(N)C1. The van der Waals surface area contributed by atoms with Crippen molar-refractivity contribution in [3.8, 4) is 0 Å². The summed E-state index contributed by atoms with van der Waals surface area (Å²) >= 11 is 0. The van der Waals surface area contributed by atoms with Crippen molar-refractivity contribution in [2.45, 2.75) is 58.0 Å². The minimum absolute atomic E-state index is 0.141. The topological polar surface area (TPSA) is 58.4 Å². The number of hydrogen-bond acceptors (Lipinski definition) is 3. The number of amides is 1. The maximum absolute atomic E-state index is 12.0. The monoisotopic (exact) mass is 255 g/mol. The van der Waals surface area contributed by atoms with Gasteiger partial charge >= 0.3 is 0 Å². The Morgan fingerprint density at radius 1 is 1.50 bits per heavy atom. The van der Waals surface area contributed by atoms with Crippen LogP contribution >= 0.6 is 0 Å². The van der Waals surface area contributed by atoms with E-state index < -0.39 is 0 Å². The van der Waals surface area contributed by atoms with Gasteiger partial charge in [-0.3, -0.25) is 4.79 Å². The average molecular weight is 255 g/mol. The number of carbonyl (C=O) groups is 1. The molecule has 1 fully saturated rings. The van der Waals surface area contributed by atoms with Crippen molar-refractivity contribution in [3.05, 3.63) is 0 Å². The van der Waals surface area contributed by atoms with E-state index in [9.17, 15) is 4.79 Å². The van der Waals surface area contributed by atoms with Gasteiger partial charge in [-0.2, -0.15) is 0 Å². The van der Waals surface area contributed by atoms with Gasteiger partial charge in [0.05, 0.1) is 0 Å². The van der Waals surface area contributed by atoms with Crippen LogP contribution in [0.4, 0.5) is 0 Å². The molecular formula is C14H29N3O. The normalized spacial score (nSPS) is 26.1. The molecule has 0 radical (unpaired) electrons. The van der Waals surface area contributed by atoms with E-state index in [2.05, 4.69) is 31.1 Å². The predicted octanol–water partition coefficient (Wildman–Crippen LogP) is 1.35. The molecule has 1 rings (SSSR count). The Labute approximate surface area is 111 Å². The number of hydrogen-bond donors (Lipinski definition) is 2. The highest BCUT2D eigenvalue weighted by atomic mass is 16.1. The molecule has 0 spiro atoms. The van der Waals surface area contributed by atoms with E-state index in [-0.39, 0.29) is 17.9 Å². The Morgan fingerprint density at radius 2 is 2.22 bits per heavy atom. The number of rotatable bonds is 6. The summed E-state index contributed by atoms with van der Waals surface area (Å²) in [6.07, 6.45) is 5.16. The van der Waals surface area contributed by atoms with Gasteiger partial charge in [0.15, 0.2) is 0 Å². The van der Waals surface area contributed by atoms with E-state index in [0.29, 0.717) is 6.04 Å². The molecule has 3 unspecified atom stereocenters. The third-order valence-corrected chi connectivity index (χ3v) is 4.19. The van der Waals surface area contributed by atoms with Crippen molar-refractivity contribution < 1.29 is 4.79 Å². The van der Waals surface area contributed by atoms with Crippen LogP contribution in [-0.4, -0.2) is 43.0 Å². The summed E-state index contributed by atoms with van der Waals surface area (Å²) in [5.74, 6) is 0.338. The lowest BCUT2D eigenvalue weighted by molar-refractivity contribution is -0.126. The molecule has 0 bridgehead atoms. The molecular weight excluding hydrogens is 226 g/mol. The van der Waals surface area contributed by atoms with Crippen molar-refractivity contribution in [2.24, 2.45) is 11.7 Å². The zero-order chi connectivity index (χ0) is 13.5. The number of nitrogens with zero attached hydrogens (tertiary/aromatic N) is 1. The fourth-order valence-electron chi connectivity index (χ4n) is 2.50. The summed E-state index contributed by atoms with van der Waals surface area (Å²) in [6, 6.07) is 0.794. The molecule has 0 heterocycles. The molecule has 1 saturated carbocycles. The summed E-state index contributed by atoms with van der Waals surface area (Å²) in [5.41, 5.74) is 5.91. The van der Waals surface area contributed by atoms with Crippen LogP contribution in [0.15, 0.2) is 0 Å². The van der Waals surface area contributed by atoms with Crippen LogP contribution in [0.3, 0.4) is 0 Å².